The van der Waals surface area contributed by atoms with E-state index >= 15 is 0 Å². The van der Waals surface area contributed by atoms with Crippen LogP contribution in [0.4, 0.5) is 0 Å². The van der Waals surface area contributed by atoms with E-state index in [2.05, 4.69) is 11.7 Å². The zero-order valence-corrected chi connectivity index (χ0v) is 15.7. The fourth-order valence-electron chi connectivity index (χ4n) is 5.31. The average Bonchev–Trinajstić information content (AvgIpc) is 2.92. The van der Waals surface area contributed by atoms with E-state index in [1.807, 2.05) is 4.90 Å². The molecule has 0 aromatic heterocycles. The normalized spacial score (nSPS) is 25.8. The minimum absolute atomic E-state index is 0.119. The molecule has 141 valence electrons. The molecule has 0 unspecified atom stereocenters. The fourth-order valence-corrected chi connectivity index (χ4v) is 5.31. The van der Waals surface area contributed by atoms with Crippen molar-refractivity contribution in [1.29, 1.82) is 0 Å². The Morgan fingerprint density at radius 3 is 1.92 bits per heavy atom. The van der Waals surface area contributed by atoms with Crippen LogP contribution >= 0.6 is 0 Å². The van der Waals surface area contributed by atoms with E-state index in [4.69, 9.17) is 0 Å². The molecule has 3 aliphatic carbocycles. The SMILES string of the molecule is O=[C]N(C1CCCCC1)C1(C(=O)NC2CCCCCC2)CCCCC1. The summed E-state index contributed by atoms with van der Waals surface area (Å²) in [6.45, 7) is 0. The molecule has 0 saturated heterocycles. The number of hydrogen-bond acceptors (Lipinski definition) is 2. The Morgan fingerprint density at radius 2 is 1.32 bits per heavy atom. The summed E-state index contributed by atoms with van der Waals surface area (Å²) >= 11 is 0. The van der Waals surface area contributed by atoms with E-state index < -0.39 is 5.54 Å². The van der Waals surface area contributed by atoms with Gasteiger partial charge in [-0.05, 0) is 38.5 Å². The second kappa shape index (κ2) is 9.05. The molecule has 3 rings (SSSR count). The van der Waals surface area contributed by atoms with Crippen molar-refractivity contribution in [3.63, 3.8) is 0 Å². The van der Waals surface area contributed by atoms with Gasteiger partial charge in [0.1, 0.15) is 5.54 Å². The lowest BCUT2D eigenvalue weighted by atomic mass is 9.77. The standard InChI is InChI=1S/C21H35N2O2/c24-17-23(19-13-7-3-8-14-19)21(15-9-4-10-16-21)20(25)22-18-11-5-1-2-6-12-18/h18-19H,1-16H2,(H,22,25). The molecule has 1 radical (unpaired) electrons. The van der Waals surface area contributed by atoms with Crippen molar-refractivity contribution in [1.82, 2.24) is 10.2 Å². The Balaban J connectivity index is 1.75. The Kier molecular flexibility index (Phi) is 6.77. The van der Waals surface area contributed by atoms with Crippen molar-refractivity contribution in [2.45, 2.75) is 120 Å². The zero-order chi connectivity index (χ0) is 17.5. The van der Waals surface area contributed by atoms with Crippen LogP contribution in [0, 0.1) is 0 Å². The zero-order valence-electron chi connectivity index (χ0n) is 15.7. The van der Waals surface area contributed by atoms with Crippen LogP contribution in [0.25, 0.3) is 0 Å². The van der Waals surface area contributed by atoms with Gasteiger partial charge in [-0.3, -0.25) is 9.59 Å². The quantitative estimate of drug-likeness (QED) is 0.597. The van der Waals surface area contributed by atoms with Crippen LogP contribution in [-0.4, -0.2) is 34.8 Å². The molecule has 2 amide bonds. The molecular weight excluding hydrogens is 312 g/mol. The third kappa shape index (κ3) is 4.38. The third-order valence-electron chi connectivity index (χ3n) is 6.79. The molecule has 3 aliphatic rings. The predicted octanol–water partition coefficient (Wildman–Crippen LogP) is 4.23. The lowest BCUT2D eigenvalue weighted by Crippen LogP contribution is -2.63. The van der Waals surface area contributed by atoms with Gasteiger partial charge in [0, 0.05) is 12.1 Å². The number of nitrogens with one attached hydrogen (secondary N) is 1. The Labute approximate surface area is 153 Å². The molecule has 0 spiro atoms. The first-order chi connectivity index (χ1) is 12.3. The number of hydrogen-bond donors (Lipinski definition) is 1. The van der Waals surface area contributed by atoms with E-state index in [1.165, 1.54) is 51.4 Å². The molecule has 0 aromatic carbocycles. The topological polar surface area (TPSA) is 49.4 Å². The van der Waals surface area contributed by atoms with Crippen LogP contribution in [0.5, 0.6) is 0 Å². The molecule has 4 nitrogen and oxygen atoms in total. The first-order valence-corrected chi connectivity index (χ1v) is 10.7. The summed E-state index contributed by atoms with van der Waals surface area (Å²) in [4.78, 5) is 27.2. The third-order valence-corrected chi connectivity index (χ3v) is 6.79. The lowest BCUT2D eigenvalue weighted by Gasteiger charge is -2.47. The molecule has 3 fully saturated rings. The van der Waals surface area contributed by atoms with Crippen LogP contribution in [0.1, 0.15) is 103 Å². The molecule has 0 bridgehead atoms. The summed E-state index contributed by atoms with van der Waals surface area (Å²) in [6, 6.07) is 0.512. The maximum Gasteiger partial charge on any atom is 0.313 e. The van der Waals surface area contributed by atoms with Gasteiger partial charge >= 0.3 is 6.41 Å². The van der Waals surface area contributed by atoms with Crippen molar-refractivity contribution in [2.75, 3.05) is 0 Å². The molecule has 25 heavy (non-hydrogen) atoms. The van der Waals surface area contributed by atoms with Crippen LogP contribution in [0.3, 0.4) is 0 Å². The van der Waals surface area contributed by atoms with Crippen molar-refractivity contribution in [3.05, 3.63) is 0 Å². The summed E-state index contributed by atoms with van der Waals surface area (Å²) in [5.41, 5.74) is -0.631. The van der Waals surface area contributed by atoms with Gasteiger partial charge in [-0.2, -0.15) is 0 Å². The monoisotopic (exact) mass is 347 g/mol. The summed E-state index contributed by atoms with van der Waals surface area (Å²) in [5, 5.41) is 3.36. The van der Waals surface area contributed by atoms with Gasteiger partial charge < -0.3 is 10.2 Å². The first-order valence-electron chi connectivity index (χ1n) is 10.7. The molecule has 0 aromatic rings. The molecule has 0 aliphatic heterocycles. The second-order valence-corrected chi connectivity index (χ2v) is 8.51. The molecule has 4 heteroatoms. The number of amides is 2. The summed E-state index contributed by atoms with van der Waals surface area (Å²) < 4.78 is 0. The van der Waals surface area contributed by atoms with Gasteiger partial charge in [-0.15, -0.1) is 0 Å². The minimum atomic E-state index is -0.631. The van der Waals surface area contributed by atoms with Crippen LogP contribution < -0.4 is 5.32 Å². The van der Waals surface area contributed by atoms with Gasteiger partial charge in [-0.25, -0.2) is 0 Å². The number of nitrogens with zero attached hydrogens (tertiary/aromatic N) is 1. The van der Waals surface area contributed by atoms with Crippen molar-refractivity contribution < 1.29 is 9.59 Å². The van der Waals surface area contributed by atoms with Crippen molar-refractivity contribution >= 4 is 12.3 Å². The smallest absolute Gasteiger partial charge is 0.313 e. The Bertz CT molecular complexity index is 431. The van der Waals surface area contributed by atoms with Gasteiger partial charge in [-0.1, -0.05) is 64.2 Å². The van der Waals surface area contributed by atoms with Gasteiger partial charge in [0.25, 0.3) is 0 Å². The van der Waals surface area contributed by atoms with Gasteiger partial charge in [0.15, 0.2) is 0 Å². The average molecular weight is 348 g/mol. The van der Waals surface area contributed by atoms with E-state index in [-0.39, 0.29) is 11.9 Å². The van der Waals surface area contributed by atoms with Crippen molar-refractivity contribution in [2.24, 2.45) is 0 Å². The van der Waals surface area contributed by atoms with Crippen molar-refractivity contribution in [3.8, 4) is 0 Å². The number of carbonyl (C=O) groups excluding carboxylic acids is 2. The highest BCUT2D eigenvalue weighted by Crippen LogP contribution is 2.38. The number of rotatable bonds is 5. The summed E-state index contributed by atoms with van der Waals surface area (Å²) in [5.74, 6) is 0.119. The summed E-state index contributed by atoms with van der Waals surface area (Å²) in [7, 11) is 0. The molecule has 3 saturated carbocycles. The molecular formula is C21H35N2O2. The predicted molar refractivity (Wildman–Crippen MR) is 99.9 cm³/mol. The van der Waals surface area contributed by atoms with Crippen LogP contribution in [0.15, 0.2) is 0 Å². The second-order valence-electron chi connectivity index (χ2n) is 8.51. The van der Waals surface area contributed by atoms with Crippen LogP contribution in [0.2, 0.25) is 0 Å². The van der Waals surface area contributed by atoms with E-state index in [0.29, 0.717) is 6.04 Å². The van der Waals surface area contributed by atoms with E-state index in [1.54, 1.807) is 0 Å². The maximum atomic E-state index is 13.4. The maximum absolute atomic E-state index is 13.4. The van der Waals surface area contributed by atoms with Crippen LogP contribution in [-0.2, 0) is 9.59 Å². The Morgan fingerprint density at radius 1 is 0.800 bits per heavy atom. The van der Waals surface area contributed by atoms with E-state index in [9.17, 15) is 9.59 Å². The largest absolute Gasteiger partial charge is 0.351 e. The number of carbonyl (C=O) groups is 1. The van der Waals surface area contributed by atoms with E-state index in [0.717, 1.165) is 51.4 Å². The molecule has 1 N–H and O–H groups in total. The highest BCUT2D eigenvalue weighted by atomic mass is 16.2. The highest BCUT2D eigenvalue weighted by Gasteiger charge is 2.47. The Hall–Kier alpha value is -1.06. The molecule has 0 atom stereocenters. The molecule has 0 heterocycles. The van der Waals surface area contributed by atoms with Gasteiger partial charge in [0.05, 0.1) is 0 Å². The lowest BCUT2D eigenvalue weighted by molar-refractivity contribution is -0.136. The van der Waals surface area contributed by atoms with Gasteiger partial charge in [0.2, 0.25) is 5.91 Å². The first kappa shape index (κ1) is 18.7. The summed E-state index contributed by atoms with van der Waals surface area (Å²) in [6.07, 6.45) is 20.0. The minimum Gasteiger partial charge on any atom is -0.351 e. The fraction of sp³-hybridized carbons (Fsp3) is 0.905. The highest BCUT2D eigenvalue weighted by molar-refractivity contribution is 5.88.